The van der Waals surface area contributed by atoms with Crippen LogP contribution in [0, 0.1) is 132 Å². The zero-order chi connectivity index (χ0) is 58.8. The van der Waals surface area contributed by atoms with Crippen LogP contribution in [0.5, 0.6) is 0 Å². The molecule has 0 bridgehead atoms. The Balaban J connectivity index is 0.000000137. The highest BCUT2D eigenvalue weighted by Gasteiger charge is 2.29. The Bertz CT molecular complexity index is 3840. The first-order chi connectivity index (χ1) is 38.4. The molecule has 12 aromatic carbocycles. The molecule has 0 amide bonds. The lowest BCUT2D eigenvalue weighted by molar-refractivity contribution is 0.592. The van der Waals surface area contributed by atoms with Gasteiger partial charge in [-0.1, -0.05) is 187 Å². The maximum absolute atomic E-state index is 14.2. The summed E-state index contributed by atoms with van der Waals surface area (Å²) in [6.45, 7) is 41.1. The third-order valence-corrected chi connectivity index (χ3v) is 20.4. The highest BCUT2D eigenvalue weighted by atomic mass is 31.2. The van der Waals surface area contributed by atoms with Crippen LogP contribution in [0.1, 0.15) is 106 Å². The van der Waals surface area contributed by atoms with Gasteiger partial charge in [0.2, 0.25) is 0 Å². The molecule has 0 heterocycles. The van der Waals surface area contributed by atoms with E-state index in [9.17, 15) is 4.57 Å². The van der Waals surface area contributed by atoms with E-state index in [4.69, 9.17) is 0 Å². The molecule has 1 nitrogen and oxygen atoms in total. The van der Waals surface area contributed by atoms with Crippen LogP contribution in [0.4, 0.5) is 0 Å². The van der Waals surface area contributed by atoms with Crippen molar-refractivity contribution in [2.45, 2.75) is 132 Å². The molecular weight excluding hydrogens is 996 g/mol. The molecule has 2 heteroatoms. The number of rotatable bonds is 3. The molecule has 412 valence electrons. The molecule has 0 radical (unpaired) electrons. The van der Waals surface area contributed by atoms with Crippen LogP contribution in [0.15, 0.2) is 170 Å². The minimum Gasteiger partial charge on any atom is -0.309 e. The molecule has 0 saturated carbocycles. The number of fused-ring (bicyclic) bond motifs is 2. The highest BCUT2D eigenvalue weighted by molar-refractivity contribution is 7.85. The van der Waals surface area contributed by atoms with Crippen molar-refractivity contribution in [2.75, 3.05) is 0 Å². The minimum atomic E-state index is -2.84. The quantitative estimate of drug-likeness (QED) is 0.127. The molecular formula is C79H85OP. The molecule has 0 atom stereocenters. The van der Waals surface area contributed by atoms with Crippen LogP contribution in [0.2, 0.25) is 0 Å². The molecule has 0 fully saturated rings. The van der Waals surface area contributed by atoms with E-state index < -0.39 is 7.14 Å². The van der Waals surface area contributed by atoms with Gasteiger partial charge in [0, 0.05) is 15.9 Å². The maximum Gasteiger partial charge on any atom is 0.171 e. The van der Waals surface area contributed by atoms with Gasteiger partial charge in [-0.15, -0.1) is 0 Å². The molecule has 0 unspecified atom stereocenters. The van der Waals surface area contributed by atoms with Crippen molar-refractivity contribution in [3.8, 4) is 0 Å². The molecule has 0 aromatic heterocycles. The fourth-order valence-electron chi connectivity index (χ4n) is 11.8. The van der Waals surface area contributed by atoms with E-state index in [1.165, 1.54) is 160 Å². The summed E-state index contributed by atoms with van der Waals surface area (Å²) in [5.74, 6) is 0. The molecule has 12 aromatic rings. The van der Waals surface area contributed by atoms with E-state index in [0.717, 1.165) is 15.9 Å². The maximum atomic E-state index is 14.2. The summed E-state index contributed by atoms with van der Waals surface area (Å²) in [5.41, 5.74) is 25.7. The van der Waals surface area contributed by atoms with Gasteiger partial charge in [0.05, 0.1) is 0 Å². The van der Waals surface area contributed by atoms with Crippen molar-refractivity contribution in [1.29, 1.82) is 0 Å². The van der Waals surface area contributed by atoms with Gasteiger partial charge in [-0.3, -0.25) is 0 Å². The van der Waals surface area contributed by atoms with Crippen molar-refractivity contribution in [2.24, 2.45) is 0 Å². The van der Waals surface area contributed by atoms with E-state index >= 15 is 0 Å². The molecule has 12 rings (SSSR count). The van der Waals surface area contributed by atoms with E-state index in [1.807, 2.05) is 93.6 Å². The smallest absolute Gasteiger partial charge is 0.171 e. The summed E-state index contributed by atoms with van der Waals surface area (Å²) < 4.78 is 14.2. The molecule has 81 heavy (non-hydrogen) atoms. The Kier molecular flexibility index (Phi) is 18.1. The van der Waals surface area contributed by atoms with Crippen molar-refractivity contribution < 1.29 is 4.57 Å². The Labute approximate surface area is 485 Å². The Hall–Kier alpha value is -7.57. The monoisotopic (exact) mass is 1080 g/mol. The first-order valence-electron chi connectivity index (χ1n) is 28.8. The highest BCUT2D eigenvalue weighted by Crippen LogP contribution is 2.43. The topological polar surface area (TPSA) is 17.1 Å². The predicted molar refractivity (Wildman–Crippen MR) is 360 cm³/mol. The summed E-state index contributed by atoms with van der Waals surface area (Å²) in [4.78, 5) is 0. The average molecular weight is 1080 g/mol. The molecule has 0 aliphatic rings. The summed E-state index contributed by atoms with van der Waals surface area (Å²) in [5, 5.41) is 16.8. The Morgan fingerprint density at radius 2 is 0.407 bits per heavy atom. The molecule has 0 saturated heterocycles. The van der Waals surface area contributed by atoms with Gasteiger partial charge in [-0.2, -0.15) is 0 Å². The standard InChI is InChI=1S/C21H21OP.C20H18.2C14H16.C10H14/c1-16-4-10-19(11-5-16)23(22,20-12-6-17(2)7-13-20)21-14-8-18(3)9-15-21;1-11-9-12(2)16-7-8-18-14(4)10-13(3)17-6-5-15(11)19(16)20(17)18;1-9-5-7-14-12(4)10(2)6-8-13(14)11(9)3;1-9-5-6-11(3)14-12(4)8-7-10(2)13(9)14;1-7-5-9(3)10(4)6-8(7)2/h4-15H,1-3H3;5-10H,1-4H3;2*5-8H,1-4H3;5-6H,1-4H3. The first kappa shape index (κ1) is 59.5. The number of hydrogen-bond acceptors (Lipinski definition) is 1. The van der Waals surface area contributed by atoms with Gasteiger partial charge in [-0.05, 0) is 274 Å². The van der Waals surface area contributed by atoms with Crippen molar-refractivity contribution >= 4 is 76.9 Å². The lowest BCUT2D eigenvalue weighted by atomic mass is 9.87. The van der Waals surface area contributed by atoms with Crippen molar-refractivity contribution in [3.63, 3.8) is 0 Å². The van der Waals surface area contributed by atoms with Crippen molar-refractivity contribution in [3.05, 3.63) is 276 Å². The van der Waals surface area contributed by atoms with Gasteiger partial charge in [0.15, 0.2) is 7.14 Å². The second kappa shape index (κ2) is 24.7. The second-order valence-corrected chi connectivity index (χ2v) is 26.3. The van der Waals surface area contributed by atoms with Gasteiger partial charge < -0.3 is 4.57 Å². The number of aryl methyl sites for hydroxylation is 19. The Morgan fingerprint density at radius 1 is 0.198 bits per heavy atom. The predicted octanol–water partition coefficient (Wildman–Crippen LogP) is 21.1. The summed E-state index contributed by atoms with van der Waals surface area (Å²) >= 11 is 0. The fourth-order valence-corrected chi connectivity index (χ4v) is 14.4. The van der Waals surface area contributed by atoms with Crippen LogP contribution in [-0.4, -0.2) is 0 Å². The van der Waals surface area contributed by atoms with E-state index in [1.54, 1.807) is 0 Å². The van der Waals surface area contributed by atoms with Crippen molar-refractivity contribution in [1.82, 2.24) is 0 Å². The second-order valence-electron chi connectivity index (χ2n) is 23.5. The number of hydrogen-bond donors (Lipinski definition) is 0. The van der Waals surface area contributed by atoms with Crippen LogP contribution >= 0.6 is 7.14 Å². The zero-order valence-electron chi connectivity index (χ0n) is 52.0. The van der Waals surface area contributed by atoms with Gasteiger partial charge in [0.25, 0.3) is 0 Å². The van der Waals surface area contributed by atoms with Crippen LogP contribution in [-0.2, 0) is 4.57 Å². The normalized spacial score (nSPS) is 11.2. The fraction of sp³-hybridized carbons (Fsp3) is 0.241. The van der Waals surface area contributed by atoms with Crippen LogP contribution < -0.4 is 15.9 Å². The molecule has 0 N–H and O–H groups in total. The first-order valence-corrected chi connectivity index (χ1v) is 30.5. The van der Waals surface area contributed by atoms with Gasteiger partial charge in [-0.25, -0.2) is 0 Å². The van der Waals surface area contributed by atoms with E-state index in [0.29, 0.717) is 0 Å². The lowest BCUT2D eigenvalue weighted by Crippen LogP contribution is -2.25. The molecule has 0 aliphatic carbocycles. The summed E-state index contributed by atoms with van der Waals surface area (Å²) in [6.07, 6.45) is 0. The Morgan fingerprint density at radius 3 is 0.654 bits per heavy atom. The average Bonchev–Trinajstić information content (AvgIpc) is 2.90. The van der Waals surface area contributed by atoms with E-state index in [-0.39, 0.29) is 0 Å². The van der Waals surface area contributed by atoms with E-state index in [2.05, 4.69) is 208 Å². The van der Waals surface area contributed by atoms with Crippen LogP contribution in [0.3, 0.4) is 0 Å². The molecule has 0 spiro atoms. The third kappa shape index (κ3) is 12.4. The van der Waals surface area contributed by atoms with Crippen LogP contribution in [0.25, 0.3) is 53.9 Å². The zero-order valence-corrected chi connectivity index (χ0v) is 52.9. The summed E-state index contributed by atoms with van der Waals surface area (Å²) in [7, 11) is -2.84. The minimum absolute atomic E-state index is 0.885. The number of benzene rings is 12. The molecule has 0 aliphatic heterocycles. The lowest BCUT2D eigenvalue weighted by Gasteiger charge is -2.20. The van der Waals surface area contributed by atoms with Gasteiger partial charge in [0.1, 0.15) is 0 Å². The third-order valence-electron chi connectivity index (χ3n) is 17.3. The largest absolute Gasteiger partial charge is 0.309 e. The summed E-state index contributed by atoms with van der Waals surface area (Å²) in [6, 6.07) is 60.2. The SMILES string of the molecule is Cc1cc(C)c(C)cc1C.Cc1cc(C)c2ccc3c(C)cc(C)c4ccc1c2c43.Cc1ccc(C)c2c(C)ccc(C)c12.Cc1ccc(P(=O)(c2ccc(C)cc2)c2ccc(C)cc2)cc1.Cc1ccc2c(C)c(C)ccc2c1C. The van der Waals surface area contributed by atoms with Gasteiger partial charge >= 0.3 is 0 Å².